The van der Waals surface area contributed by atoms with Gasteiger partial charge < -0.3 is 25.4 Å². The lowest BCUT2D eigenvalue weighted by Crippen LogP contribution is -2.43. The number of anilines is 2. The van der Waals surface area contributed by atoms with E-state index in [2.05, 4.69) is 15.2 Å². The number of rotatable bonds is 7. The zero-order valence-electron chi connectivity index (χ0n) is 25.7. The van der Waals surface area contributed by atoms with Gasteiger partial charge in [0.25, 0.3) is 0 Å². The first-order valence-corrected chi connectivity index (χ1v) is 17.2. The van der Waals surface area contributed by atoms with Crippen LogP contribution in [-0.4, -0.2) is 77.9 Å². The van der Waals surface area contributed by atoms with Crippen molar-refractivity contribution in [2.45, 2.75) is 62.3 Å². The van der Waals surface area contributed by atoms with Crippen LogP contribution in [0.25, 0.3) is 32.1 Å². The molecule has 250 valence electrons. The summed E-state index contributed by atoms with van der Waals surface area (Å²) in [5, 5.41) is 13.2. The molecule has 4 aromatic rings. The molecule has 1 saturated carbocycles. The summed E-state index contributed by atoms with van der Waals surface area (Å²) in [5.41, 5.74) is 5.56. The molecule has 15 heteroatoms. The first kappa shape index (κ1) is 31.2. The molecule has 2 aromatic carbocycles. The molecule has 0 bridgehead atoms. The summed E-state index contributed by atoms with van der Waals surface area (Å²) in [6.07, 6.45) is 3.91. The molecule has 3 fully saturated rings. The lowest BCUT2D eigenvalue weighted by atomic mass is 9.95. The Kier molecular flexibility index (Phi) is 7.69. The molecule has 8 rings (SSSR count). The highest BCUT2D eigenvalue weighted by molar-refractivity contribution is 7.23. The summed E-state index contributed by atoms with van der Waals surface area (Å²) in [5.74, 6) is -0.889. The Morgan fingerprint density at radius 3 is 2.94 bits per heavy atom. The van der Waals surface area contributed by atoms with Gasteiger partial charge in [-0.15, -0.1) is 11.3 Å². The molecule has 3 N–H and O–H groups in total. The normalized spacial score (nSPS) is 25.2. The number of ether oxygens (including phenoxy) is 2. The Balaban J connectivity index is 1.32. The maximum atomic E-state index is 17.2. The van der Waals surface area contributed by atoms with E-state index in [1.165, 1.54) is 12.1 Å². The van der Waals surface area contributed by atoms with Gasteiger partial charge in [0.2, 0.25) is 6.41 Å². The summed E-state index contributed by atoms with van der Waals surface area (Å²) in [6, 6.07) is 4.43. The topological polar surface area (TPSA) is 130 Å². The van der Waals surface area contributed by atoms with E-state index in [4.69, 9.17) is 31.8 Å². The van der Waals surface area contributed by atoms with Gasteiger partial charge in [0.1, 0.15) is 47.6 Å². The number of nitrogens with two attached hydrogens (primary N) is 1. The largest absolute Gasteiger partial charge is 0.489 e. The number of thiophene rings is 1. The number of alkyl halides is 1. The van der Waals surface area contributed by atoms with Crippen molar-refractivity contribution in [2.75, 3.05) is 43.5 Å². The third kappa shape index (κ3) is 4.81. The number of fused-ring (bicyclic) bond motifs is 2. The SMILES string of the molecule is N#Cc1c(N)sc2c(F)ccc(-c3c(Cl)c4c5c(nc(OC[C@@]67CCCN6C[C@H](F)C7)nc5c3F)N(C3CCC(NC=O)C3)CCO4)c12. The number of carbonyl (C=O) groups is 1. The van der Waals surface area contributed by atoms with Crippen LogP contribution < -0.4 is 25.4 Å². The number of hydrogen-bond donors (Lipinski definition) is 2. The second-order valence-electron chi connectivity index (χ2n) is 13.0. The van der Waals surface area contributed by atoms with E-state index in [0.29, 0.717) is 38.2 Å². The van der Waals surface area contributed by atoms with Gasteiger partial charge in [-0.2, -0.15) is 15.2 Å². The first-order valence-electron chi connectivity index (χ1n) is 16.0. The third-order valence-electron chi connectivity index (χ3n) is 10.4. The Morgan fingerprint density at radius 1 is 1.27 bits per heavy atom. The number of nitrogens with one attached hydrogen (secondary N) is 1. The van der Waals surface area contributed by atoms with Crippen LogP contribution in [0.5, 0.6) is 11.8 Å². The molecule has 2 unspecified atom stereocenters. The maximum absolute atomic E-state index is 17.2. The van der Waals surface area contributed by atoms with Crippen molar-refractivity contribution in [1.29, 1.82) is 5.26 Å². The molecule has 0 spiro atoms. The van der Waals surface area contributed by atoms with E-state index in [9.17, 15) is 18.8 Å². The van der Waals surface area contributed by atoms with E-state index < -0.39 is 23.3 Å². The number of nitrogen functional groups attached to an aromatic ring is 1. The molecule has 1 aliphatic carbocycles. The van der Waals surface area contributed by atoms with Crippen LogP contribution in [0.1, 0.15) is 44.1 Å². The molecule has 10 nitrogen and oxygen atoms in total. The molecule has 2 aromatic heterocycles. The lowest BCUT2D eigenvalue weighted by Gasteiger charge is -2.32. The number of amides is 1. The highest BCUT2D eigenvalue weighted by Crippen LogP contribution is 2.51. The fraction of sp³-hybridized carbons (Fsp3) is 0.455. The summed E-state index contributed by atoms with van der Waals surface area (Å²) in [4.78, 5) is 24.8. The standard InChI is InChI=1S/C33H31ClF3N7O3S/c34-25-23(19-4-5-21(36)29-22(19)20(12-38)30(39)48-29)26(37)27-24-28(25)46-9-8-44(18-3-2-17(10-18)40-15-45)31(24)42-32(41-27)47-14-33-6-1-7-43(33)13-16(35)11-33/h4-5,15-18H,1-3,6-11,13-14,39H2,(H,40,45)/t16-,17?,18?,33+/m1/s1. The first-order chi connectivity index (χ1) is 23.2. The van der Waals surface area contributed by atoms with Gasteiger partial charge >= 0.3 is 6.01 Å². The van der Waals surface area contributed by atoms with E-state index in [1.807, 2.05) is 11.0 Å². The van der Waals surface area contributed by atoms with E-state index in [0.717, 1.165) is 43.6 Å². The highest BCUT2D eigenvalue weighted by atomic mass is 35.5. The van der Waals surface area contributed by atoms with Gasteiger partial charge in [-0.3, -0.25) is 9.69 Å². The quantitative estimate of drug-likeness (QED) is 0.233. The van der Waals surface area contributed by atoms with Gasteiger partial charge in [0.05, 0.1) is 32.8 Å². The summed E-state index contributed by atoms with van der Waals surface area (Å²) >= 11 is 7.92. The van der Waals surface area contributed by atoms with Crippen molar-refractivity contribution in [3.05, 3.63) is 34.4 Å². The molecule has 4 aliphatic rings. The fourth-order valence-corrected chi connectivity index (χ4v) is 9.51. The molecule has 1 amide bonds. The van der Waals surface area contributed by atoms with Crippen molar-refractivity contribution < 1.29 is 27.4 Å². The van der Waals surface area contributed by atoms with E-state index in [1.54, 1.807) is 0 Å². The lowest BCUT2D eigenvalue weighted by molar-refractivity contribution is -0.110. The van der Waals surface area contributed by atoms with Crippen LogP contribution in [0.15, 0.2) is 12.1 Å². The monoisotopic (exact) mass is 697 g/mol. The minimum atomic E-state index is -0.958. The molecular formula is C33H31ClF3N7O3S. The molecule has 2 saturated heterocycles. The van der Waals surface area contributed by atoms with Gasteiger partial charge in [0, 0.05) is 36.0 Å². The van der Waals surface area contributed by atoms with Gasteiger partial charge in [-0.25, -0.2) is 13.2 Å². The number of halogens is 4. The van der Waals surface area contributed by atoms with Gasteiger partial charge in [-0.05, 0) is 50.3 Å². The molecule has 48 heavy (non-hydrogen) atoms. The average Bonchev–Trinajstić information content (AvgIpc) is 3.80. The third-order valence-corrected chi connectivity index (χ3v) is 11.8. The predicted molar refractivity (Wildman–Crippen MR) is 176 cm³/mol. The summed E-state index contributed by atoms with van der Waals surface area (Å²) in [6.45, 7) is 1.82. The average molecular weight is 698 g/mol. The molecule has 0 radical (unpaired) electrons. The minimum absolute atomic E-state index is 0.0215. The van der Waals surface area contributed by atoms with Crippen molar-refractivity contribution in [1.82, 2.24) is 20.2 Å². The Bertz CT molecular complexity index is 2020. The number of carbonyl (C=O) groups excluding carboxylic acids is 1. The minimum Gasteiger partial charge on any atom is -0.489 e. The van der Waals surface area contributed by atoms with Crippen LogP contribution in [-0.2, 0) is 4.79 Å². The smallest absolute Gasteiger partial charge is 0.319 e. The molecule has 5 heterocycles. The number of benzene rings is 2. The van der Waals surface area contributed by atoms with Crippen LogP contribution in [0, 0.1) is 23.0 Å². The fourth-order valence-electron chi connectivity index (χ4n) is 8.23. The number of aromatic nitrogens is 2. The zero-order valence-corrected chi connectivity index (χ0v) is 27.3. The Hall–Kier alpha value is -4.06. The van der Waals surface area contributed by atoms with Crippen molar-refractivity contribution >= 4 is 61.2 Å². The number of nitriles is 1. The second-order valence-corrected chi connectivity index (χ2v) is 14.4. The highest BCUT2D eigenvalue weighted by Gasteiger charge is 2.49. The van der Waals surface area contributed by atoms with Crippen LogP contribution in [0.3, 0.4) is 0 Å². The van der Waals surface area contributed by atoms with Gasteiger partial charge in [-0.1, -0.05) is 17.7 Å². The number of nitrogens with zero attached hydrogens (tertiary/aromatic N) is 5. The van der Waals surface area contributed by atoms with Crippen molar-refractivity contribution in [3.8, 4) is 29.0 Å². The maximum Gasteiger partial charge on any atom is 0.319 e. The Morgan fingerprint density at radius 2 is 2.12 bits per heavy atom. The van der Waals surface area contributed by atoms with Crippen molar-refractivity contribution in [2.24, 2.45) is 0 Å². The van der Waals surface area contributed by atoms with Crippen LogP contribution >= 0.6 is 22.9 Å². The van der Waals surface area contributed by atoms with Crippen LogP contribution in [0.2, 0.25) is 5.02 Å². The summed E-state index contributed by atoms with van der Waals surface area (Å²) < 4.78 is 59.3. The van der Waals surface area contributed by atoms with E-state index in [-0.39, 0.29) is 84.8 Å². The van der Waals surface area contributed by atoms with E-state index >= 15 is 4.39 Å². The molecular weight excluding hydrogens is 667 g/mol. The number of hydrogen-bond acceptors (Lipinski definition) is 10. The zero-order chi connectivity index (χ0) is 33.3. The second kappa shape index (κ2) is 11.8. The van der Waals surface area contributed by atoms with Gasteiger partial charge in [0.15, 0.2) is 11.6 Å². The van der Waals surface area contributed by atoms with Crippen LogP contribution in [0.4, 0.5) is 24.0 Å². The molecule has 3 aliphatic heterocycles. The molecule has 4 atom stereocenters. The Labute approximate surface area is 282 Å². The predicted octanol–water partition coefficient (Wildman–Crippen LogP) is 5.72. The van der Waals surface area contributed by atoms with Crippen molar-refractivity contribution in [3.63, 3.8) is 0 Å². The summed E-state index contributed by atoms with van der Waals surface area (Å²) in [7, 11) is 0.